The molecule has 0 bridgehead atoms. The van der Waals surface area contributed by atoms with E-state index in [-0.39, 0.29) is 18.8 Å². The van der Waals surface area contributed by atoms with Crippen LogP contribution in [0.5, 0.6) is 0 Å². The number of carboxylic acid groups (broad SMARTS) is 1. The van der Waals surface area contributed by atoms with Crippen LogP contribution in [0.2, 0.25) is 0 Å². The van der Waals surface area contributed by atoms with Crippen molar-refractivity contribution in [3.05, 3.63) is 12.7 Å². The summed E-state index contributed by atoms with van der Waals surface area (Å²) in [5.41, 5.74) is 5.55. The number of nitrogen functional groups attached to an aromatic ring is 1. The maximum Gasteiger partial charge on any atom is 0.326 e. The molecule has 0 spiro atoms. The van der Waals surface area contributed by atoms with E-state index in [9.17, 15) is 19.3 Å². The summed E-state index contributed by atoms with van der Waals surface area (Å²) in [5.74, 6) is -1.34. The third-order valence-corrected chi connectivity index (χ3v) is 9.00. The van der Waals surface area contributed by atoms with Gasteiger partial charge in [0.05, 0.1) is 25.6 Å². The average molecular weight is 540 g/mol. The molecule has 0 amide bonds. The van der Waals surface area contributed by atoms with Crippen LogP contribution in [0.3, 0.4) is 0 Å². The second kappa shape index (κ2) is 12.3. The number of ether oxygens (including phenoxy) is 2. The third kappa shape index (κ3) is 7.04. The number of rotatable bonds is 14. The van der Waals surface area contributed by atoms with E-state index in [1.807, 2.05) is 0 Å². The van der Waals surface area contributed by atoms with E-state index < -0.39 is 37.1 Å². The van der Waals surface area contributed by atoms with E-state index in [0.717, 1.165) is 19.3 Å². The predicted octanol–water partition coefficient (Wildman–Crippen LogP) is 2.61. The molecule has 1 saturated heterocycles. The Kier molecular flexibility index (Phi) is 9.63. The third-order valence-electron chi connectivity index (χ3n) is 6.29. The second-order valence-corrected chi connectivity index (χ2v) is 12.3. The number of nitrogens with one attached hydrogen (secondary N) is 1. The highest BCUT2D eigenvalue weighted by molar-refractivity contribution is 7.59. The fourth-order valence-corrected chi connectivity index (χ4v) is 7.22. The number of nitrogens with two attached hydrogens (primary N) is 1. The summed E-state index contributed by atoms with van der Waals surface area (Å²) in [7, 11) is -3.69. The lowest BCUT2D eigenvalue weighted by Crippen LogP contribution is -2.50. The summed E-state index contributed by atoms with van der Waals surface area (Å²) in [6.07, 6.45) is 5.78. The van der Waals surface area contributed by atoms with Crippen LogP contribution in [0.4, 0.5) is 5.82 Å². The lowest BCUT2D eigenvalue weighted by molar-refractivity contribution is -0.149. The average Bonchev–Trinajstić information content (AvgIpc) is 3.49. The number of carbonyl (C=O) groups excluding carboxylic acids is 1. The van der Waals surface area contributed by atoms with Crippen molar-refractivity contribution >= 4 is 36.4 Å². The zero-order valence-electron chi connectivity index (χ0n) is 21.9. The number of aliphatic carboxylic acids is 1. The Morgan fingerprint density at radius 2 is 2.08 bits per heavy atom. The fraction of sp³-hybridized carbons (Fsp3) is 0.696. The number of esters is 1. The van der Waals surface area contributed by atoms with Crippen molar-refractivity contribution in [2.24, 2.45) is 0 Å². The summed E-state index contributed by atoms with van der Waals surface area (Å²) in [4.78, 5) is 37.1. The molecule has 2 aromatic heterocycles. The number of imidazole rings is 1. The topological polar surface area (TPSA) is 175 Å². The van der Waals surface area contributed by atoms with Crippen molar-refractivity contribution in [1.82, 2.24) is 29.3 Å². The highest BCUT2D eigenvalue weighted by Gasteiger charge is 2.47. The Labute approximate surface area is 216 Å². The summed E-state index contributed by atoms with van der Waals surface area (Å²) >= 11 is 0. The van der Waals surface area contributed by atoms with Crippen LogP contribution in [0.15, 0.2) is 12.7 Å². The smallest absolute Gasteiger partial charge is 0.326 e. The summed E-state index contributed by atoms with van der Waals surface area (Å²) in [6, 6.07) is -0.939. The number of hydrogen-bond donors (Lipinski definition) is 3. The molecule has 3 rings (SSSR count). The van der Waals surface area contributed by atoms with E-state index in [1.165, 1.54) is 11.0 Å². The Hall–Kier alpha value is -2.60. The number of unbranched alkanes of at least 4 members (excludes halogenated alkanes) is 2. The van der Waals surface area contributed by atoms with Gasteiger partial charge in [-0.05, 0) is 40.0 Å². The predicted molar refractivity (Wildman–Crippen MR) is 138 cm³/mol. The molecule has 1 aliphatic heterocycles. The van der Waals surface area contributed by atoms with Gasteiger partial charge < -0.3 is 24.9 Å². The first kappa shape index (κ1) is 29.0. The van der Waals surface area contributed by atoms with Gasteiger partial charge in [-0.15, -0.1) is 0 Å². The van der Waals surface area contributed by atoms with Gasteiger partial charge in [-0.2, -0.15) is 0 Å². The zero-order chi connectivity index (χ0) is 27.2. The van der Waals surface area contributed by atoms with Crippen molar-refractivity contribution < 1.29 is 28.7 Å². The quantitative estimate of drug-likeness (QED) is 0.182. The van der Waals surface area contributed by atoms with E-state index >= 15 is 0 Å². The van der Waals surface area contributed by atoms with Gasteiger partial charge in [0.1, 0.15) is 29.8 Å². The number of fused-ring (bicyclic) bond motifs is 1. The Morgan fingerprint density at radius 1 is 1.32 bits per heavy atom. The minimum absolute atomic E-state index is 0.267. The van der Waals surface area contributed by atoms with Crippen molar-refractivity contribution in [3.8, 4) is 0 Å². The molecule has 1 aliphatic rings. The van der Waals surface area contributed by atoms with Crippen molar-refractivity contribution in [1.29, 1.82) is 0 Å². The first-order chi connectivity index (χ1) is 17.5. The molecule has 1 unspecified atom stereocenters. The van der Waals surface area contributed by atoms with Crippen molar-refractivity contribution in [3.63, 3.8) is 0 Å². The molecule has 206 valence electrons. The van der Waals surface area contributed by atoms with Crippen LogP contribution in [0.1, 0.15) is 59.8 Å². The van der Waals surface area contributed by atoms with Crippen LogP contribution in [-0.2, 0) is 30.2 Å². The number of carboxylic acids is 1. The lowest BCUT2D eigenvalue weighted by atomic mass is 10.1. The van der Waals surface area contributed by atoms with Crippen LogP contribution in [0.25, 0.3) is 11.2 Å². The number of nitrogens with zero attached hydrogens (tertiary/aromatic N) is 5. The van der Waals surface area contributed by atoms with Gasteiger partial charge in [0.25, 0.3) is 0 Å². The first-order valence-electron chi connectivity index (χ1n) is 12.6. The van der Waals surface area contributed by atoms with Crippen molar-refractivity contribution in [2.75, 3.05) is 25.2 Å². The molecular formula is C23H38N7O6P. The number of aromatic nitrogens is 4. The molecule has 13 nitrogen and oxygen atoms in total. The van der Waals surface area contributed by atoms with E-state index in [1.54, 1.807) is 31.7 Å². The lowest BCUT2D eigenvalue weighted by Gasteiger charge is -2.37. The molecule has 14 heteroatoms. The van der Waals surface area contributed by atoms with Gasteiger partial charge in [0.2, 0.25) is 7.44 Å². The molecule has 1 fully saturated rings. The molecule has 2 aromatic rings. The van der Waals surface area contributed by atoms with Crippen LogP contribution >= 0.6 is 7.44 Å². The maximum absolute atomic E-state index is 14.4. The molecule has 3 heterocycles. The highest BCUT2D eigenvalue weighted by atomic mass is 31.2. The second-order valence-electron chi connectivity index (χ2n) is 9.88. The molecule has 0 saturated carbocycles. The number of carbonyl (C=O) groups is 2. The maximum atomic E-state index is 14.4. The van der Waals surface area contributed by atoms with Crippen LogP contribution in [-0.4, -0.2) is 78.4 Å². The van der Waals surface area contributed by atoms with E-state index in [2.05, 4.69) is 27.0 Å². The molecule has 0 aromatic carbocycles. The molecule has 0 aliphatic carbocycles. The fourth-order valence-electron chi connectivity index (χ4n) is 4.33. The number of anilines is 1. The molecule has 37 heavy (non-hydrogen) atoms. The largest absolute Gasteiger partial charge is 0.480 e. The normalized spacial score (nSPS) is 19.1. The minimum Gasteiger partial charge on any atom is -0.480 e. The van der Waals surface area contributed by atoms with Gasteiger partial charge in [-0.1, -0.05) is 19.8 Å². The van der Waals surface area contributed by atoms with E-state index in [0.29, 0.717) is 37.1 Å². The monoisotopic (exact) mass is 539 g/mol. The minimum atomic E-state index is -3.69. The Bertz CT molecular complexity index is 1140. The van der Waals surface area contributed by atoms with Gasteiger partial charge in [-0.3, -0.25) is 14.2 Å². The SMILES string of the molecule is CCCCCOC(=O)C(C)(C)NP(=O)(CO[C@@H](C)Cn1cnc2c(N)ncnc21)N1CCC[C@@H]1C(=O)O. The Balaban J connectivity index is 1.75. The van der Waals surface area contributed by atoms with Crippen LogP contribution in [0, 0.1) is 0 Å². The van der Waals surface area contributed by atoms with Crippen LogP contribution < -0.4 is 10.8 Å². The zero-order valence-corrected chi connectivity index (χ0v) is 22.8. The van der Waals surface area contributed by atoms with Gasteiger partial charge in [0.15, 0.2) is 11.5 Å². The molecule has 0 radical (unpaired) electrons. The molecule has 3 atom stereocenters. The van der Waals surface area contributed by atoms with E-state index in [4.69, 9.17) is 15.2 Å². The summed E-state index contributed by atoms with van der Waals surface area (Å²) < 4.78 is 29.0. The standard InChI is InChI=1S/C23H38N7O6P/c1-5-6-7-11-35-22(33)23(3,4)28-37(34,30-10-8-9-17(30)21(31)32)15-36-16(2)12-29-14-27-18-19(24)25-13-26-20(18)29/h13-14,16-17H,5-12,15H2,1-4H3,(H,28,34)(H,31,32)(H2,24,25,26)/t16-,17+,37?/m0/s1. The molecular weight excluding hydrogens is 501 g/mol. The highest BCUT2D eigenvalue weighted by Crippen LogP contribution is 2.51. The first-order valence-corrected chi connectivity index (χ1v) is 14.4. The van der Waals surface area contributed by atoms with Gasteiger partial charge in [0, 0.05) is 6.54 Å². The number of hydrogen-bond acceptors (Lipinski definition) is 9. The summed E-state index contributed by atoms with van der Waals surface area (Å²) in [6.45, 7) is 7.92. The van der Waals surface area contributed by atoms with Gasteiger partial charge in [-0.25, -0.2) is 24.7 Å². The van der Waals surface area contributed by atoms with Gasteiger partial charge >= 0.3 is 11.9 Å². The van der Waals surface area contributed by atoms with Crippen molar-refractivity contribution in [2.45, 2.75) is 84.0 Å². The summed E-state index contributed by atoms with van der Waals surface area (Å²) in [5, 5.41) is 12.7. The Morgan fingerprint density at radius 3 is 2.78 bits per heavy atom. The molecule has 4 N–H and O–H groups in total.